The molecular weight excluding hydrogens is 382 g/mol. The van der Waals surface area contributed by atoms with Crippen molar-refractivity contribution in [3.8, 4) is 0 Å². The van der Waals surface area contributed by atoms with Gasteiger partial charge in [0.1, 0.15) is 6.54 Å². The van der Waals surface area contributed by atoms with Gasteiger partial charge in [-0.15, -0.1) is 0 Å². The van der Waals surface area contributed by atoms with Crippen molar-refractivity contribution in [2.45, 2.75) is 26.8 Å². The lowest BCUT2D eigenvalue weighted by Crippen LogP contribution is -2.41. The van der Waals surface area contributed by atoms with Crippen molar-refractivity contribution in [3.05, 3.63) is 69.3 Å². The number of nitro groups is 1. The number of nitrogens with one attached hydrogen (secondary N) is 1. The number of aryl methyl sites for hydroxylation is 2. The summed E-state index contributed by atoms with van der Waals surface area (Å²) in [6.07, 6.45) is 0.960. The largest absolute Gasteiger partial charge is 0.348 e. The van der Waals surface area contributed by atoms with Crippen LogP contribution in [-0.2, 0) is 14.8 Å². The van der Waals surface area contributed by atoms with E-state index in [-0.39, 0.29) is 17.4 Å². The highest BCUT2D eigenvalue weighted by Gasteiger charge is 2.25. The third-order valence-corrected chi connectivity index (χ3v) is 5.44. The molecule has 2 aromatic carbocycles. The second-order valence-electron chi connectivity index (χ2n) is 6.70. The van der Waals surface area contributed by atoms with E-state index in [1.54, 1.807) is 13.8 Å². The lowest BCUT2D eigenvalue weighted by molar-refractivity contribution is -0.384. The topological polar surface area (TPSA) is 110 Å². The van der Waals surface area contributed by atoms with Crippen molar-refractivity contribution in [1.29, 1.82) is 0 Å². The number of anilines is 1. The molecule has 150 valence electrons. The fourth-order valence-corrected chi connectivity index (χ4v) is 3.62. The molecule has 0 aromatic heterocycles. The van der Waals surface area contributed by atoms with Gasteiger partial charge in [-0.25, -0.2) is 8.42 Å². The Labute approximate surface area is 164 Å². The molecule has 8 nitrogen and oxygen atoms in total. The summed E-state index contributed by atoms with van der Waals surface area (Å²) in [5.41, 5.74) is 2.34. The molecule has 0 aliphatic rings. The molecule has 0 saturated heterocycles. The smallest absolute Gasteiger partial charge is 0.271 e. The van der Waals surface area contributed by atoms with Gasteiger partial charge < -0.3 is 5.32 Å². The number of sulfonamides is 1. The number of non-ortho nitro benzene ring substituents is 1. The molecule has 1 amide bonds. The Kier molecular flexibility index (Phi) is 6.40. The number of carbonyl (C=O) groups excluding carboxylic acids is 1. The summed E-state index contributed by atoms with van der Waals surface area (Å²) >= 11 is 0. The first-order valence-electron chi connectivity index (χ1n) is 8.57. The van der Waals surface area contributed by atoms with Gasteiger partial charge in [0.25, 0.3) is 5.69 Å². The van der Waals surface area contributed by atoms with Crippen molar-refractivity contribution >= 4 is 27.3 Å². The zero-order valence-corrected chi connectivity index (χ0v) is 17.0. The molecule has 0 fully saturated rings. The Morgan fingerprint density at radius 1 is 1.18 bits per heavy atom. The average Bonchev–Trinajstić information content (AvgIpc) is 2.59. The number of benzene rings is 2. The van der Waals surface area contributed by atoms with Gasteiger partial charge in [0.2, 0.25) is 15.9 Å². The number of hydrogen-bond donors (Lipinski definition) is 1. The average molecular weight is 405 g/mol. The second kappa shape index (κ2) is 8.39. The van der Waals surface area contributed by atoms with Gasteiger partial charge in [-0.2, -0.15) is 0 Å². The maximum Gasteiger partial charge on any atom is 0.271 e. The SMILES string of the molecule is Cc1ccc([C@@H](C)NC(=O)CN(c2cc([N+](=O)[O-])ccc2C)S(C)(=O)=O)cc1. The Balaban J connectivity index is 2.26. The van der Waals surface area contributed by atoms with Crippen molar-refractivity contribution in [2.75, 3.05) is 17.1 Å². The normalized spacial score (nSPS) is 12.3. The van der Waals surface area contributed by atoms with Gasteiger partial charge in [0.15, 0.2) is 0 Å². The summed E-state index contributed by atoms with van der Waals surface area (Å²) in [6, 6.07) is 11.2. The van der Waals surface area contributed by atoms with Crippen LogP contribution in [0.3, 0.4) is 0 Å². The first kappa shape index (κ1) is 21.4. The van der Waals surface area contributed by atoms with Gasteiger partial charge in [-0.1, -0.05) is 35.9 Å². The van der Waals surface area contributed by atoms with Crippen LogP contribution < -0.4 is 9.62 Å². The number of amides is 1. The fraction of sp³-hybridized carbons (Fsp3) is 0.316. The van der Waals surface area contributed by atoms with Crippen LogP contribution in [0.15, 0.2) is 42.5 Å². The molecule has 28 heavy (non-hydrogen) atoms. The van der Waals surface area contributed by atoms with Crippen LogP contribution in [0.5, 0.6) is 0 Å². The van der Waals surface area contributed by atoms with E-state index >= 15 is 0 Å². The number of nitrogens with zero attached hydrogens (tertiary/aromatic N) is 2. The third-order valence-electron chi connectivity index (χ3n) is 4.31. The Morgan fingerprint density at radius 3 is 2.32 bits per heavy atom. The predicted molar refractivity (Wildman–Crippen MR) is 108 cm³/mol. The van der Waals surface area contributed by atoms with E-state index in [9.17, 15) is 23.3 Å². The number of nitro benzene ring substituents is 1. The van der Waals surface area contributed by atoms with Crippen molar-refractivity contribution in [1.82, 2.24) is 5.32 Å². The van der Waals surface area contributed by atoms with Crippen LogP contribution in [0.1, 0.15) is 29.7 Å². The van der Waals surface area contributed by atoms with Crippen molar-refractivity contribution < 1.29 is 18.1 Å². The zero-order chi connectivity index (χ0) is 21.1. The van der Waals surface area contributed by atoms with E-state index in [4.69, 9.17) is 0 Å². The van der Waals surface area contributed by atoms with E-state index < -0.39 is 27.4 Å². The van der Waals surface area contributed by atoms with E-state index in [1.807, 2.05) is 31.2 Å². The molecule has 0 radical (unpaired) electrons. The summed E-state index contributed by atoms with van der Waals surface area (Å²) in [7, 11) is -3.83. The molecule has 9 heteroatoms. The maximum absolute atomic E-state index is 12.5. The van der Waals surface area contributed by atoms with Crippen LogP contribution >= 0.6 is 0 Å². The molecule has 0 saturated carbocycles. The first-order chi connectivity index (χ1) is 13.0. The van der Waals surface area contributed by atoms with Gasteiger partial charge in [-0.3, -0.25) is 19.2 Å². The summed E-state index contributed by atoms with van der Waals surface area (Å²) in [4.78, 5) is 22.9. The van der Waals surface area contributed by atoms with Crippen LogP contribution in [0.2, 0.25) is 0 Å². The standard InChI is InChI=1S/C19H23N3O5S/c1-13-5-8-16(9-6-13)15(3)20-19(23)12-21(28(4,26)27)18-11-17(22(24)25)10-7-14(18)2/h5-11,15H,12H2,1-4H3,(H,20,23)/t15-/m1/s1. The maximum atomic E-state index is 12.5. The summed E-state index contributed by atoms with van der Waals surface area (Å²) in [5, 5.41) is 13.8. The van der Waals surface area contributed by atoms with E-state index in [2.05, 4.69) is 5.32 Å². The highest BCUT2D eigenvalue weighted by atomic mass is 32.2. The van der Waals surface area contributed by atoms with E-state index in [0.29, 0.717) is 5.56 Å². The van der Waals surface area contributed by atoms with Crippen LogP contribution in [-0.4, -0.2) is 32.0 Å². The lowest BCUT2D eigenvalue weighted by atomic mass is 10.1. The molecule has 0 spiro atoms. The quantitative estimate of drug-likeness (QED) is 0.563. The monoisotopic (exact) mass is 405 g/mol. The minimum absolute atomic E-state index is 0.106. The Hall–Kier alpha value is -2.94. The van der Waals surface area contributed by atoms with E-state index in [1.165, 1.54) is 12.1 Å². The molecule has 1 atom stereocenters. The van der Waals surface area contributed by atoms with Crippen LogP contribution in [0, 0.1) is 24.0 Å². The molecule has 0 bridgehead atoms. The van der Waals surface area contributed by atoms with Crippen LogP contribution in [0.4, 0.5) is 11.4 Å². The van der Waals surface area contributed by atoms with Gasteiger partial charge >= 0.3 is 0 Å². The van der Waals surface area contributed by atoms with Gasteiger partial charge in [-0.05, 0) is 31.9 Å². The van der Waals surface area contributed by atoms with Gasteiger partial charge in [0.05, 0.1) is 22.9 Å². The first-order valence-corrected chi connectivity index (χ1v) is 10.4. The number of rotatable bonds is 7. The van der Waals surface area contributed by atoms with E-state index in [0.717, 1.165) is 27.8 Å². The number of carbonyl (C=O) groups is 1. The summed E-state index contributed by atoms with van der Waals surface area (Å²) in [6.45, 7) is 4.91. The predicted octanol–water partition coefficient (Wildman–Crippen LogP) is 2.86. The Bertz CT molecular complexity index is 987. The van der Waals surface area contributed by atoms with Crippen molar-refractivity contribution in [3.63, 3.8) is 0 Å². The van der Waals surface area contributed by atoms with Crippen molar-refractivity contribution in [2.24, 2.45) is 0 Å². The Morgan fingerprint density at radius 2 is 1.79 bits per heavy atom. The molecule has 2 aromatic rings. The van der Waals surface area contributed by atoms with Crippen LogP contribution in [0.25, 0.3) is 0 Å². The summed E-state index contributed by atoms with van der Waals surface area (Å²) < 4.78 is 25.4. The minimum Gasteiger partial charge on any atom is -0.348 e. The highest BCUT2D eigenvalue weighted by molar-refractivity contribution is 7.92. The summed E-state index contributed by atoms with van der Waals surface area (Å²) in [5.74, 6) is -0.510. The molecule has 0 heterocycles. The molecule has 0 unspecified atom stereocenters. The molecule has 0 aliphatic carbocycles. The number of hydrogen-bond acceptors (Lipinski definition) is 5. The zero-order valence-electron chi connectivity index (χ0n) is 16.2. The third kappa shape index (κ3) is 5.29. The lowest BCUT2D eigenvalue weighted by Gasteiger charge is -2.24. The fourth-order valence-electron chi connectivity index (χ4n) is 2.72. The molecule has 0 aliphatic heterocycles. The molecule has 2 rings (SSSR count). The van der Waals surface area contributed by atoms with Gasteiger partial charge in [0, 0.05) is 12.1 Å². The highest BCUT2D eigenvalue weighted by Crippen LogP contribution is 2.27. The molecular formula is C19H23N3O5S. The second-order valence-corrected chi connectivity index (χ2v) is 8.60. The molecule has 1 N–H and O–H groups in total. The minimum atomic E-state index is -3.83.